The van der Waals surface area contributed by atoms with Crippen molar-refractivity contribution in [3.63, 3.8) is 0 Å². The van der Waals surface area contributed by atoms with E-state index in [1.807, 2.05) is 0 Å². The average molecular weight is 281 g/mol. The number of hydrogen-bond acceptors (Lipinski definition) is 1. The molecule has 0 heterocycles. The van der Waals surface area contributed by atoms with Gasteiger partial charge in [-0.3, -0.25) is 0 Å². The van der Waals surface area contributed by atoms with Gasteiger partial charge in [0.05, 0.1) is 0 Å². The zero-order valence-electron chi connectivity index (χ0n) is 13.9. The Morgan fingerprint density at radius 1 is 0.810 bits per heavy atom. The maximum Gasteiger partial charge on any atom is 0.0295 e. The van der Waals surface area contributed by atoms with Crippen molar-refractivity contribution in [3.05, 3.63) is 70.3 Å². The summed E-state index contributed by atoms with van der Waals surface area (Å²) in [5, 5.41) is 3.62. The Morgan fingerprint density at radius 3 is 1.90 bits per heavy atom. The van der Waals surface area contributed by atoms with Crippen molar-refractivity contribution >= 4 is 0 Å². The van der Waals surface area contributed by atoms with E-state index in [0.717, 1.165) is 6.54 Å². The van der Waals surface area contributed by atoms with Crippen LogP contribution in [0.25, 0.3) is 0 Å². The quantitative estimate of drug-likeness (QED) is 0.786. The molecular weight excluding hydrogens is 254 g/mol. The number of nitrogens with one attached hydrogen (secondary N) is 1. The maximum atomic E-state index is 3.62. The lowest BCUT2D eigenvalue weighted by Crippen LogP contribution is -2.18. The summed E-state index contributed by atoms with van der Waals surface area (Å²) in [5.74, 6) is 0.598. The van der Waals surface area contributed by atoms with Crippen LogP contribution in [0.2, 0.25) is 0 Å². The van der Waals surface area contributed by atoms with Gasteiger partial charge in [0, 0.05) is 12.6 Å². The molecule has 0 aliphatic heterocycles. The Balaban J connectivity index is 1.98. The highest BCUT2D eigenvalue weighted by Crippen LogP contribution is 2.18. The van der Waals surface area contributed by atoms with Crippen molar-refractivity contribution in [2.75, 3.05) is 0 Å². The first-order chi connectivity index (χ1) is 9.95. The topological polar surface area (TPSA) is 12.0 Å². The van der Waals surface area contributed by atoms with Gasteiger partial charge in [-0.1, -0.05) is 67.4 Å². The van der Waals surface area contributed by atoms with Gasteiger partial charge in [-0.25, -0.2) is 0 Å². The summed E-state index contributed by atoms with van der Waals surface area (Å²) >= 11 is 0. The monoisotopic (exact) mass is 281 g/mol. The molecule has 2 aromatic rings. The third-order valence-electron chi connectivity index (χ3n) is 4.00. The van der Waals surface area contributed by atoms with Gasteiger partial charge in [-0.05, 0) is 43.4 Å². The van der Waals surface area contributed by atoms with Crippen molar-refractivity contribution in [1.82, 2.24) is 5.32 Å². The van der Waals surface area contributed by atoms with Gasteiger partial charge >= 0.3 is 0 Å². The highest BCUT2D eigenvalue weighted by atomic mass is 14.9. The predicted molar refractivity (Wildman–Crippen MR) is 91.7 cm³/mol. The molecule has 0 fully saturated rings. The fourth-order valence-corrected chi connectivity index (χ4v) is 2.67. The molecule has 112 valence electrons. The standard InChI is InChI=1S/C20H27N/c1-14(2)19-8-6-18(7-9-19)13-21-17(5)20-11-15(3)10-16(4)12-20/h6-12,14,17,21H,13H2,1-5H3. The van der Waals surface area contributed by atoms with Gasteiger partial charge in [0.1, 0.15) is 0 Å². The lowest BCUT2D eigenvalue weighted by Gasteiger charge is -2.16. The van der Waals surface area contributed by atoms with E-state index in [-0.39, 0.29) is 0 Å². The molecule has 0 saturated heterocycles. The normalized spacial score (nSPS) is 12.7. The van der Waals surface area contributed by atoms with E-state index < -0.39 is 0 Å². The second-order valence-corrected chi connectivity index (χ2v) is 6.42. The van der Waals surface area contributed by atoms with Crippen LogP contribution < -0.4 is 5.32 Å². The molecule has 0 aromatic heterocycles. The number of aryl methyl sites for hydroxylation is 2. The second-order valence-electron chi connectivity index (χ2n) is 6.42. The van der Waals surface area contributed by atoms with E-state index in [1.165, 1.54) is 27.8 Å². The molecule has 0 amide bonds. The Hall–Kier alpha value is -1.60. The molecular formula is C20H27N. The first kappa shape index (κ1) is 15.8. The minimum Gasteiger partial charge on any atom is -0.306 e. The Kier molecular flexibility index (Phi) is 5.19. The molecule has 1 atom stereocenters. The van der Waals surface area contributed by atoms with Crippen LogP contribution in [0.3, 0.4) is 0 Å². The summed E-state index contributed by atoms with van der Waals surface area (Å²) in [5.41, 5.74) is 6.78. The predicted octanol–water partition coefficient (Wildman–Crippen LogP) is 5.28. The van der Waals surface area contributed by atoms with Crippen molar-refractivity contribution < 1.29 is 0 Å². The Morgan fingerprint density at radius 2 is 1.38 bits per heavy atom. The fraction of sp³-hybridized carbons (Fsp3) is 0.400. The van der Waals surface area contributed by atoms with Crippen molar-refractivity contribution in [2.24, 2.45) is 0 Å². The van der Waals surface area contributed by atoms with Crippen molar-refractivity contribution in [3.8, 4) is 0 Å². The zero-order chi connectivity index (χ0) is 15.4. The molecule has 1 heteroatoms. The third-order valence-corrected chi connectivity index (χ3v) is 4.00. The van der Waals surface area contributed by atoms with Crippen molar-refractivity contribution in [1.29, 1.82) is 0 Å². The average Bonchev–Trinajstić information content (AvgIpc) is 2.44. The van der Waals surface area contributed by atoms with Crippen molar-refractivity contribution in [2.45, 2.75) is 53.1 Å². The smallest absolute Gasteiger partial charge is 0.0295 e. The van der Waals surface area contributed by atoms with Gasteiger partial charge in [0.15, 0.2) is 0 Å². The number of rotatable bonds is 5. The molecule has 0 aliphatic carbocycles. The van der Waals surface area contributed by atoms with Crippen LogP contribution in [-0.4, -0.2) is 0 Å². The van der Waals surface area contributed by atoms with Crippen LogP contribution in [0.5, 0.6) is 0 Å². The van der Waals surface area contributed by atoms with Crippen LogP contribution in [0.15, 0.2) is 42.5 Å². The van der Waals surface area contributed by atoms with Gasteiger partial charge < -0.3 is 5.32 Å². The minimum atomic E-state index is 0.369. The van der Waals surface area contributed by atoms with Crippen LogP contribution in [0.1, 0.15) is 60.5 Å². The van der Waals surface area contributed by atoms with E-state index in [9.17, 15) is 0 Å². The zero-order valence-corrected chi connectivity index (χ0v) is 13.9. The lowest BCUT2D eigenvalue weighted by atomic mass is 10.0. The summed E-state index contributed by atoms with van der Waals surface area (Å²) in [6.45, 7) is 11.9. The SMILES string of the molecule is Cc1cc(C)cc(C(C)NCc2ccc(C(C)C)cc2)c1. The molecule has 0 saturated carbocycles. The summed E-state index contributed by atoms with van der Waals surface area (Å²) in [6, 6.07) is 16.1. The molecule has 1 N–H and O–H groups in total. The van der Waals surface area contributed by atoms with Gasteiger partial charge in [0.25, 0.3) is 0 Å². The molecule has 0 bridgehead atoms. The highest BCUT2D eigenvalue weighted by molar-refractivity contribution is 5.30. The van der Waals surface area contributed by atoms with Gasteiger partial charge in [0.2, 0.25) is 0 Å². The van der Waals surface area contributed by atoms with Crippen LogP contribution in [-0.2, 0) is 6.54 Å². The minimum absolute atomic E-state index is 0.369. The molecule has 0 aliphatic rings. The molecule has 21 heavy (non-hydrogen) atoms. The maximum absolute atomic E-state index is 3.62. The summed E-state index contributed by atoms with van der Waals surface area (Å²) < 4.78 is 0. The first-order valence-electron chi connectivity index (χ1n) is 7.86. The Labute approximate surface area is 129 Å². The molecule has 0 radical (unpaired) electrons. The largest absolute Gasteiger partial charge is 0.306 e. The van der Waals surface area contributed by atoms with E-state index in [4.69, 9.17) is 0 Å². The second kappa shape index (κ2) is 6.91. The molecule has 2 aromatic carbocycles. The molecule has 1 nitrogen and oxygen atoms in total. The fourth-order valence-electron chi connectivity index (χ4n) is 2.67. The van der Waals surface area contributed by atoms with Crippen LogP contribution >= 0.6 is 0 Å². The van der Waals surface area contributed by atoms with Crippen LogP contribution in [0.4, 0.5) is 0 Å². The number of hydrogen-bond donors (Lipinski definition) is 1. The Bertz CT molecular complexity index is 561. The summed E-state index contributed by atoms with van der Waals surface area (Å²) in [7, 11) is 0. The highest BCUT2D eigenvalue weighted by Gasteiger charge is 2.06. The lowest BCUT2D eigenvalue weighted by molar-refractivity contribution is 0.574. The summed E-state index contributed by atoms with van der Waals surface area (Å²) in [6.07, 6.45) is 0. The first-order valence-corrected chi connectivity index (χ1v) is 7.86. The summed E-state index contributed by atoms with van der Waals surface area (Å²) in [4.78, 5) is 0. The van der Waals surface area contributed by atoms with E-state index >= 15 is 0 Å². The molecule has 2 rings (SSSR count). The van der Waals surface area contributed by atoms with E-state index in [2.05, 4.69) is 82.4 Å². The van der Waals surface area contributed by atoms with Crippen LogP contribution in [0, 0.1) is 13.8 Å². The van der Waals surface area contributed by atoms with E-state index in [0.29, 0.717) is 12.0 Å². The molecule has 0 spiro atoms. The van der Waals surface area contributed by atoms with E-state index in [1.54, 1.807) is 0 Å². The molecule has 1 unspecified atom stereocenters. The third kappa shape index (κ3) is 4.44. The van der Waals surface area contributed by atoms with Gasteiger partial charge in [-0.2, -0.15) is 0 Å². The number of benzene rings is 2. The van der Waals surface area contributed by atoms with Gasteiger partial charge in [-0.15, -0.1) is 0 Å².